The number of rotatable bonds is 4. The number of benzene rings is 1. The molecule has 0 aliphatic carbocycles. The first kappa shape index (κ1) is 9.56. The molecule has 0 heterocycles. The van der Waals surface area contributed by atoms with Gasteiger partial charge in [-0.1, -0.05) is 29.8 Å². The summed E-state index contributed by atoms with van der Waals surface area (Å²) < 4.78 is 0. The molecule has 1 aromatic rings. The van der Waals surface area contributed by atoms with E-state index < -0.39 is 0 Å². The summed E-state index contributed by atoms with van der Waals surface area (Å²) in [6, 6.07) is 8.01. The van der Waals surface area contributed by atoms with Gasteiger partial charge in [0.05, 0.1) is 0 Å². The van der Waals surface area contributed by atoms with Crippen LogP contribution in [-0.4, -0.2) is 13.6 Å². The first-order valence-electron chi connectivity index (χ1n) is 4.22. The fourth-order valence-electron chi connectivity index (χ4n) is 1.16. The van der Waals surface area contributed by atoms with Gasteiger partial charge in [0.2, 0.25) is 0 Å². The first-order chi connectivity index (χ1) is 5.84. The highest BCUT2D eigenvalue weighted by molar-refractivity contribution is 6.31. The predicted molar refractivity (Wildman–Crippen MR) is 53.7 cm³/mol. The van der Waals surface area contributed by atoms with Gasteiger partial charge in [-0.2, -0.15) is 0 Å². The van der Waals surface area contributed by atoms with E-state index >= 15 is 0 Å². The molecule has 1 nitrogen and oxygen atoms in total. The summed E-state index contributed by atoms with van der Waals surface area (Å²) in [5, 5.41) is 4.00. The van der Waals surface area contributed by atoms with E-state index in [1.165, 1.54) is 5.56 Å². The van der Waals surface area contributed by atoms with Crippen LogP contribution >= 0.6 is 11.6 Å². The van der Waals surface area contributed by atoms with Crippen LogP contribution < -0.4 is 5.32 Å². The van der Waals surface area contributed by atoms with Crippen molar-refractivity contribution < 1.29 is 0 Å². The van der Waals surface area contributed by atoms with Gasteiger partial charge in [-0.3, -0.25) is 0 Å². The zero-order valence-corrected chi connectivity index (χ0v) is 8.06. The van der Waals surface area contributed by atoms with Crippen molar-refractivity contribution in [1.82, 2.24) is 5.32 Å². The Hall–Kier alpha value is -0.530. The molecule has 0 aliphatic heterocycles. The van der Waals surface area contributed by atoms with Gasteiger partial charge in [0.1, 0.15) is 0 Å². The summed E-state index contributed by atoms with van der Waals surface area (Å²) in [5.41, 5.74) is 1.24. The van der Waals surface area contributed by atoms with E-state index in [1.807, 2.05) is 25.2 Å². The normalized spacial score (nSPS) is 10.2. The van der Waals surface area contributed by atoms with Crippen molar-refractivity contribution in [2.75, 3.05) is 13.6 Å². The highest BCUT2D eigenvalue weighted by Crippen LogP contribution is 2.15. The summed E-state index contributed by atoms with van der Waals surface area (Å²) in [4.78, 5) is 0. The lowest BCUT2D eigenvalue weighted by molar-refractivity contribution is 0.725. The molecule has 0 unspecified atom stereocenters. The molecule has 0 aliphatic rings. The molecule has 0 bridgehead atoms. The lowest BCUT2D eigenvalue weighted by atomic mass is 10.1. The minimum atomic E-state index is 0.883. The van der Waals surface area contributed by atoms with Crippen molar-refractivity contribution in [2.45, 2.75) is 12.8 Å². The third-order valence-corrected chi connectivity index (χ3v) is 2.20. The number of nitrogens with one attached hydrogen (secondary N) is 1. The maximum atomic E-state index is 5.98. The number of hydrogen-bond acceptors (Lipinski definition) is 1. The minimum absolute atomic E-state index is 0.883. The van der Waals surface area contributed by atoms with E-state index in [0.29, 0.717) is 0 Å². The number of halogens is 1. The molecule has 0 saturated carbocycles. The van der Waals surface area contributed by atoms with Crippen LogP contribution in [0.3, 0.4) is 0 Å². The maximum absolute atomic E-state index is 5.98. The summed E-state index contributed by atoms with van der Waals surface area (Å²) in [5.74, 6) is 0. The molecule has 0 spiro atoms. The van der Waals surface area contributed by atoms with Crippen molar-refractivity contribution in [2.24, 2.45) is 0 Å². The van der Waals surface area contributed by atoms with Crippen LogP contribution in [0.2, 0.25) is 5.02 Å². The number of aryl methyl sites for hydroxylation is 1. The second-order valence-corrected chi connectivity index (χ2v) is 3.21. The monoisotopic (exact) mass is 183 g/mol. The average Bonchev–Trinajstić information content (AvgIpc) is 2.09. The predicted octanol–water partition coefficient (Wildman–Crippen LogP) is 2.49. The van der Waals surface area contributed by atoms with Crippen LogP contribution in [0.5, 0.6) is 0 Å². The van der Waals surface area contributed by atoms with Gasteiger partial charge in [0.25, 0.3) is 0 Å². The molecule has 0 saturated heterocycles. The Morgan fingerprint density at radius 1 is 1.33 bits per heavy atom. The quantitative estimate of drug-likeness (QED) is 0.708. The Morgan fingerprint density at radius 2 is 2.08 bits per heavy atom. The lowest BCUT2D eigenvalue weighted by Gasteiger charge is -2.02. The van der Waals surface area contributed by atoms with Crippen LogP contribution in [0.15, 0.2) is 24.3 Å². The van der Waals surface area contributed by atoms with E-state index in [0.717, 1.165) is 24.4 Å². The van der Waals surface area contributed by atoms with Crippen molar-refractivity contribution in [3.8, 4) is 0 Å². The van der Waals surface area contributed by atoms with Crippen LogP contribution in [0.25, 0.3) is 0 Å². The first-order valence-corrected chi connectivity index (χ1v) is 4.60. The van der Waals surface area contributed by atoms with E-state index in [4.69, 9.17) is 11.6 Å². The Labute approximate surface area is 78.7 Å². The SMILES string of the molecule is CNCCCc1ccccc1Cl. The molecule has 1 rings (SSSR count). The summed E-state index contributed by atoms with van der Waals surface area (Å²) in [6.45, 7) is 1.05. The van der Waals surface area contributed by atoms with Gasteiger partial charge in [0.15, 0.2) is 0 Å². The smallest absolute Gasteiger partial charge is 0.0437 e. The molecule has 0 radical (unpaired) electrons. The van der Waals surface area contributed by atoms with Crippen LogP contribution in [-0.2, 0) is 6.42 Å². The van der Waals surface area contributed by atoms with Gasteiger partial charge in [-0.05, 0) is 38.1 Å². The van der Waals surface area contributed by atoms with Gasteiger partial charge in [0, 0.05) is 5.02 Å². The maximum Gasteiger partial charge on any atom is 0.0437 e. The van der Waals surface area contributed by atoms with E-state index in [9.17, 15) is 0 Å². The Morgan fingerprint density at radius 3 is 2.75 bits per heavy atom. The van der Waals surface area contributed by atoms with E-state index in [-0.39, 0.29) is 0 Å². The van der Waals surface area contributed by atoms with Crippen molar-refractivity contribution >= 4 is 11.6 Å². The molecule has 1 N–H and O–H groups in total. The molecule has 2 heteroatoms. The Kier molecular flexibility index (Phi) is 4.12. The molecule has 0 atom stereocenters. The molecule has 0 amide bonds. The van der Waals surface area contributed by atoms with Crippen LogP contribution in [0.1, 0.15) is 12.0 Å². The third kappa shape index (κ3) is 2.84. The zero-order valence-electron chi connectivity index (χ0n) is 7.31. The van der Waals surface area contributed by atoms with Gasteiger partial charge in [-0.15, -0.1) is 0 Å². The van der Waals surface area contributed by atoms with Crippen molar-refractivity contribution in [3.05, 3.63) is 34.9 Å². The van der Waals surface area contributed by atoms with Crippen molar-refractivity contribution in [1.29, 1.82) is 0 Å². The lowest BCUT2D eigenvalue weighted by Crippen LogP contribution is -2.08. The van der Waals surface area contributed by atoms with Gasteiger partial charge in [-0.25, -0.2) is 0 Å². The highest BCUT2D eigenvalue weighted by atomic mass is 35.5. The molecule has 12 heavy (non-hydrogen) atoms. The molecule has 1 aromatic carbocycles. The van der Waals surface area contributed by atoms with Crippen LogP contribution in [0.4, 0.5) is 0 Å². The largest absolute Gasteiger partial charge is 0.320 e. The summed E-state index contributed by atoms with van der Waals surface area (Å²) in [7, 11) is 1.96. The second-order valence-electron chi connectivity index (χ2n) is 2.80. The molecular weight excluding hydrogens is 170 g/mol. The Balaban J connectivity index is 2.46. The topological polar surface area (TPSA) is 12.0 Å². The highest BCUT2D eigenvalue weighted by Gasteiger charge is 1.96. The fourth-order valence-corrected chi connectivity index (χ4v) is 1.39. The zero-order chi connectivity index (χ0) is 8.81. The van der Waals surface area contributed by atoms with Crippen molar-refractivity contribution in [3.63, 3.8) is 0 Å². The summed E-state index contributed by atoms with van der Waals surface area (Å²) in [6.07, 6.45) is 2.20. The summed E-state index contributed by atoms with van der Waals surface area (Å²) >= 11 is 5.98. The minimum Gasteiger partial charge on any atom is -0.320 e. The van der Waals surface area contributed by atoms with E-state index in [2.05, 4.69) is 11.4 Å². The number of hydrogen-bond donors (Lipinski definition) is 1. The van der Waals surface area contributed by atoms with Gasteiger partial charge >= 0.3 is 0 Å². The molecule has 0 fully saturated rings. The molecule has 0 aromatic heterocycles. The molecular formula is C10H14ClN. The third-order valence-electron chi connectivity index (χ3n) is 1.83. The van der Waals surface area contributed by atoms with Gasteiger partial charge < -0.3 is 5.32 Å². The molecule has 66 valence electrons. The average molecular weight is 184 g/mol. The Bertz CT molecular complexity index is 235. The fraction of sp³-hybridized carbons (Fsp3) is 0.400. The van der Waals surface area contributed by atoms with E-state index in [1.54, 1.807) is 0 Å². The standard InChI is InChI=1S/C10H14ClN/c1-12-8-4-6-9-5-2-3-7-10(9)11/h2-3,5,7,12H,4,6,8H2,1H3. The second kappa shape index (κ2) is 5.18. The van der Waals surface area contributed by atoms with Crippen LogP contribution in [0, 0.1) is 0 Å².